The van der Waals surface area contributed by atoms with Gasteiger partial charge in [-0.05, 0) is 61.1 Å². The zero-order valence-corrected chi connectivity index (χ0v) is 33.5. The third-order valence-electron chi connectivity index (χ3n) is 9.51. The van der Waals surface area contributed by atoms with Crippen LogP contribution in [0.15, 0.2) is 158 Å². The van der Waals surface area contributed by atoms with Crippen molar-refractivity contribution in [1.82, 2.24) is 0 Å². The van der Waals surface area contributed by atoms with Gasteiger partial charge in [0.1, 0.15) is 0 Å². The van der Waals surface area contributed by atoms with Gasteiger partial charge in [-0.3, -0.25) is 0 Å². The van der Waals surface area contributed by atoms with E-state index in [0.717, 1.165) is 9.52 Å². The smallest absolute Gasteiger partial charge is 0.144 e. The van der Waals surface area contributed by atoms with Crippen LogP contribution in [0.3, 0.4) is 0 Å². The van der Waals surface area contributed by atoms with Gasteiger partial charge in [-0.25, -0.2) is 0 Å². The van der Waals surface area contributed by atoms with Crippen LogP contribution in [0, 0.1) is 27.7 Å². The molecule has 0 saturated heterocycles. The number of hydrogen-bond donors (Lipinski definition) is 0. The molecule has 0 aliphatic heterocycles. The molecule has 50 heavy (non-hydrogen) atoms. The normalized spacial score (nSPS) is 10.5. The first kappa shape index (κ1) is 36.9. The van der Waals surface area contributed by atoms with Gasteiger partial charge in [0.15, 0.2) is 0 Å². The van der Waals surface area contributed by atoms with E-state index in [1.54, 1.807) is 0 Å². The molecule has 0 atom stereocenters. The first-order chi connectivity index (χ1) is 23.9. The molecule has 8 aromatic carbocycles. The Labute approximate surface area is 320 Å². The van der Waals surface area contributed by atoms with Crippen LogP contribution in [0.1, 0.15) is 22.3 Å². The number of fused-ring (bicyclic) bond motifs is 2. The van der Waals surface area contributed by atoms with Crippen molar-refractivity contribution in [2.24, 2.45) is 0 Å². The van der Waals surface area contributed by atoms with Crippen molar-refractivity contribution in [3.8, 4) is 44.5 Å². The molecular weight excluding hydrogens is 696 g/mol. The fourth-order valence-electron chi connectivity index (χ4n) is 6.62. The Kier molecular flexibility index (Phi) is 12.6. The zero-order valence-electron chi connectivity index (χ0n) is 30.0. The Balaban J connectivity index is 0.000000177. The molecule has 0 aliphatic rings. The maximum Gasteiger partial charge on any atom is 2.00 e. The van der Waals surface area contributed by atoms with E-state index in [0.29, 0.717) is 0 Å². The molecule has 244 valence electrons. The van der Waals surface area contributed by atoms with Gasteiger partial charge in [-0.15, -0.1) is 69.1 Å². The van der Waals surface area contributed by atoms with Crippen LogP contribution in [0.2, 0.25) is 13.1 Å². The molecule has 0 saturated carbocycles. The number of benzene rings is 6. The third kappa shape index (κ3) is 7.99. The predicted octanol–water partition coefficient (Wildman–Crippen LogP) is 13.8. The summed E-state index contributed by atoms with van der Waals surface area (Å²) in [5.41, 5.74) is 15.9. The maximum absolute atomic E-state index is 2.32. The molecule has 0 unspecified atom stereocenters. The van der Waals surface area contributed by atoms with E-state index in [-0.39, 0.29) is 26.2 Å². The summed E-state index contributed by atoms with van der Waals surface area (Å²) in [4.78, 5) is 0. The van der Waals surface area contributed by atoms with E-state index in [9.17, 15) is 0 Å². The minimum atomic E-state index is 0. The van der Waals surface area contributed by atoms with Crippen LogP contribution < -0.4 is 0 Å². The topological polar surface area (TPSA) is 0 Å². The van der Waals surface area contributed by atoms with Crippen molar-refractivity contribution in [1.29, 1.82) is 0 Å². The molecule has 2 heteroatoms. The van der Waals surface area contributed by atoms with E-state index < -0.39 is 0 Å². The zero-order chi connectivity index (χ0) is 34.3. The third-order valence-corrected chi connectivity index (χ3v) is 9.51. The molecule has 0 heterocycles. The van der Waals surface area contributed by atoms with Crippen LogP contribution in [-0.4, -0.2) is 9.52 Å². The molecule has 0 fully saturated rings. The van der Waals surface area contributed by atoms with Crippen molar-refractivity contribution in [2.45, 2.75) is 40.8 Å². The van der Waals surface area contributed by atoms with Crippen LogP contribution >= 0.6 is 0 Å². The Hall–Kier alpha value is -4.36. The number of rotatable bonds is 4. The number of hydrogen-bond acceptors (Lipinski definition) is 0. The summed E-state index contributed by atoms with van der Waals surface area (Å²) < 4.78 is 0. The van der Waals surface area contributed by atoms with Gasteiger partial charge in [-0.1, -0.05) is 157 Å². The van der Waals surface area contributed by atoms with E-state index in [1.807, 2.05) is 0 Å². The molecule has 0 aliphatic carbocycles. The summed E-state index contributed by atoms with van der Waals surface area (Å²) >= 11 is 0. The summed E-state index contributed by atoms with van der Waals surface area (Å²) in [6, 6.07) is 56.7. The minimum absolute atomic E-state index is 0. The average Bonchev–Trinajstić information content (AvgIpc) is 3.78. The molecule has 8 aromatic rings. The summed E-state index contributed by atoms with van der Waals surface area (Å²) in [5.74, 6) is 0. The Morgan fingerprint density at radius 1 is 0.400 bits per heavy atom. The summed E-state index contributed by atoms with van der Waals surface area (Å²) in [6.07, 6.45) is 0. The Morgan fingerprint density at radius 3 is 1.12 bits per heavy atom. The summed E-state index contributed by atoms with van der Waals surface area (Å²) in [7, 11) is 1.08. The minimum Gasteiger partial charge on any atom is -0.144 e. The summed E-state index contributed by atoms with van der Waals surface area (Å²) in [5, 5.41) is 5.28. The van der Waals surface area contributed by atoms with Gasteiger partial charge in [-0.2, -0.15) is 0 Å². The van der Waals surface area contributed by atoms with Crippen molar-refractivity contribution in [2.75, 3.05) is 0 Å². The molecular formula is C48H44SiZr. The molecule has 0 spiro atoms. The van der Waals surface area contributed by atoms with Gasteiger partial charge < -0.3 is 0 Å². The van der Waals surface area contributed by atoms with Crippen molar-refractivity contribution in [3.05, 3.63) is 180 Å². The van der Waals surface area contributed by atoms with Gasteiger partial charge in [0.2, 0.25) is 0 Å². The van der Waals surface area contributed by atoms with Crippen molar-refractivity contribution in [3.63, 3.8) is 0 Å². The Morgan fingerprint density at radius 2 is 0.740 bits per heavy atom. The van der Waals surface area contributed by atoms with Crippen LogP contribution in [0.25, 0.3) is 66.1 Å². The molecule has 0 nitrogen and oxygen atoms in total. The molecule has 2 radical (unpaired) electrons. The standard InChI is InChI=1S/2C23H19.C2H6Si.Zr/c2*1-16-8-6-12-21(17(16)2)22-13-7-11-19-14-20(15-23(19)22)18-9-4-3-5-10-18;1-3-2;/h2*3-15H,1-2H3;1-2H3;/q2*-1;;+2. The first-order valence-electron chi connectivity index (χ1n) is 17.1. The van der Waals surface area contributed by atoms with Crippen LogP contribution in [-0.2, 0) is 26.2 Å². The quantitative estimate of drug-likeness (QED) is 0.125. The largest absolute Gasteiger partial charge is 2.00 e. The monoisotopic (exact) mass is 738 g/mol. The Bertz CT molecular complexity index is 2140. The van der Waals surface area contributed by atoms with E-state index in [1.165, 1.54) is 88.3 Å². The fraction of sp³-hybridized carbons (Fsp3) is 0.125. The van der Waals surface area contributed by atoms with E-state index in [4.69, 9.17) is 0 Å². The molecule has 8 rings (SSSR count). The second-order valence-electron chi connectivity index (χ2n) is 12.8. The average molecular weight is 740 g/mol. The van der Waals surface area contributed by atoms with E-state index >= 15 is 0 Å². The van der Waals surface area contributed by atoms with Gasteiger partial charge in [0, 0.05) is 9.52 Å². The van der Waals surface area contributed by atoms with Crippen LogP contribution in [0.5, 0.6) is 0 Å². The van der Waals surface area contributed by atoms with Crippen LogP contribution in [0.4, 0.5) is 0 Å². The van der Waals surface area contributed by atoms with Gasteiger partial charge in [0.25, 0.3) is 0 Å². The SMILES string of the molecule is C[Si]C.Cc1cccc(-c2cccc3[cH-]c(-c4ccccc4)cc23)c1C.Cc1cccc(-c2cccc3[cH-]c(-c4ccccc4)cc23)c1C.[Zr+2]. The second-order valence-corrected chi connectivity index (χ2v) is 13.8. The predicted molar refractivity (Wildman–Crippen MR) is 217 cm³/mol. The first-order valence-corrected chi connectivity index (χ1v) is 19.1. The van der Waals surface area contributed by atoms with Gasteiger partial charge >= 0.3 is 26.2 Å². The van der Waals surface area contributed by atoms with Crippen molar-refractivity contribution < 1.29 is 26.2 Å². The molecule has 0 bridgehead atoms. The van der Waals surface area contributed by atoms with E-state index in [2.05, 4.69) is 199 Å². The summed E-state index contributed by atoms with van der Waals surface area (Å²) in [6.45, 7) is 13.1. The molecule has 0 amide bonds. The molecule has 0 aromatic heterocycles. The number of aryl methyl sites for hydroxylation is 2. The van der Waals surface area contributed by atoms with Gasteiger partial charge in [0.05, 0.1) is 0 Å². The van der Waals surface area contributed by atoms with Crippen molar-refractivity contribution >= 4 is 31.1 Å². The second kappa shape index (κ2) is 17.0. The molecule has 0 N–H and O–H groups in total. The fourth-order valence-corrected chi connectivity index (χ4v) is 6.62. The maximum atomic E-state index is 2.32.